The molecule has 0 aliphatic carbocycles. The van der Waals surface area contributed by atoms with E-state index in [0.717, 1.165) is 0 Å². The number of amides is 1. The zero-order valence-electron chi connectivity index (χ0n) is 12.8. The summed E-state index contributed by atoms with van der Waals surface area (Å²) in [5.41, 5.74) is 1.24. The fourth-order valence-corrected chi connectivity index (χ4v) is 2.73. The molecule has 3 nitrogen and oxygen atoms in total. The third-order valence-electron chi connectivity index (χ3n) is 3.35. The van der Waals surface area contributed by atoms with E-state index in [-0.39, 0.29) is 5.91 Å². The van der Waals surface area contributed by atoms with Crippen LogP contribution in [0.25, 0.3) is 17.4 Å². The van der Waals surface area contributed by atoms with Gasteiger partial charge in [0, 0.05) is 16.7 Å². The molecule has 1 amide bonds. The molecule has 0 aliphatic heterocycles. The van der Waals surface area contributed by atoms with Crippen LogP contribution in [0.1, 0.15) is 5.76 Å². The van der Waals surface area contributed by atoms with Crippen LogP contribution in [0.2, 0.25) is 15.1 Å². The van der Waals surface area contributed by atoms with Gasteiger partial charge in [0.25, 0.3) is 0 Å². The first-order chi connectivity index (χ1) is 12.0. The van der Waals surface area contributed by atoms with Gasteiger partial charge in [-0.2, -0.15) is 0 Å². The molecule has 1 N–H and O–H groups in total. The smallest absolute Gasteiger partial charge is 0.248 e. The minimum Gasteiger partial charge on any atom is -0.457 e. The molecular weight excluding hydrogens is 381 g/mol. The highest BCUT2D eigenvalue weighted by Crippen LogP contribution is 2.32. The average molecular weight is 393 g/mol. The van der Waals surface area contributed by atoms with Crippen molar-refractivity contribution in [3.8, 4) is 11.3 Å². The Hall–Kier alpha value is -2.20. The molecule has 6 heteroatoms. The maximum atomic E-state index is 12.0. The zero-order chi connectivity index (χ0) is 17.8. The second kappa shape index (κ2) is 7.79. The van der Waals surface area contributed by atoms with E-state index in [1.165, 1.54) is 6.08 Å². The molecular formula is C19H12Cl3NO2. The Kier molecular flexibility index (Phi) is 5.49. The topological polar surface area (TPSA) is 42.2 Å². The first kappa shape index (κ1) is 17.6. The summed E-state index contributed by atoms with van der Waals surface area (Å²) in [6.45, 7) is 0. The molecule has 25 heavy (non-hydrogen) atoms. The van der Waals surface area contributed by atoms with E-state index in [2.05, 4.69) is 5.32 Å². The molecule has 1 heterocycles. The van der Waals surface area contributed by atoms with Crippen molar-refractivity contribution in [2.45, 2.75) is 0 Å². The molecule has 0 radical (unpaired) electrons. The van der Waals surface area contributed by atoms with Crippen LogP contribution in [0.15, 0.2) is 65.1 Å². The lowest BCUT2D eigenvalue weighted by atomic mass is 10.2. The second-order valence-electron chi connectivity index (χ2n) is 5.13. The van der Waals surface area contributed by atoms with Gasteiger partial charge in [-0.05, 0) is 48.5 Å². The molecule has 0 aliphatic rings. The number of hydrogen-bond donors (Lipinski definition) is 1. The van der Waals surface area contributed by atoms with E-state index in [0.29, 0.717) is 37.8 Å². The van der Waals surface area contributed by atoms with Gasteiger partial charge in [0.05, 0.1) is 15.7 Å². The second-order valence-corrected chi connectivity index (χ2v) is 6.38. The number of para-hydroxylation sites is 1. The van der Waals surface area contributed by atoms with Crippen LogP contribution in [0, 0.1) is 0 Å². The number of anilines is 1. The Labute approximate surface area is 159 Å². The van der Waals surface area contributed by atoms with Gasteiger partial charge in [0.1, 0.15) is 11.5 Å². The Bertz CT molecular complexity index is 947. The standard InChI is InChI=1S/C19H12Cl3NO2/c20-12-5-8-15(21)14(11-12)18-9-6-13(25-18)7-10-19(24)23-17-4-2-1-3-16(17)22/h1-11H,(H,23,24)/b10-7+. The van der Waals surface area contributed by atoms with Gasteiger partial charge in [0.2, 0.25) is 5.91 Å². The fourth-order valence-electron chi connectivity index (χ4n) is 2.17. The van der Waals surface area contributed by atoms with Gasteiger partial charge in [-0.25, -0.2) is 0 Å². The van der Waals surface area contributed by atoms with Crippen LogP contribution in [0.3, 0.4) is 0 Å². The van der Waals surface area contributed by atoms with Crippen molar-refractivity contribution in [3.05, 3.63) is 81.5 Å². The van der Waals surface area contributed by atoms with Crippen molar-refractivity contribution < 1.29 is 9.21 Å². The minimum atomic E-state index is -0.313. The largest absolute Gasteiger partial charge is 0.457 e. The minimum absolute atomic E-state index is 0.313. The summed E-state index contributed by atoms with van der Waals surface area (Å²) in [4.78, 5) is 12.0. The predicted molar refractivity (Wildman–Crippen MR) is 103 cm³/mol. The summed E-state index contributed by atoms with van der Waals surface area (Å²) in [6, 6.07) is 15.6. The number of halogens is 3. The Morgan fingerprint density at radius 3 is 2.56 bits per heavy atom. The van der Waals surface area contributed by atoms with Gasteiger partial charge in [-0.3, -0.25) is 4.79 Å². The van der Waals surface area contributed by atoms with Crippen molar-refractivity contribution in [3.63, 3.8) is 0 Å². The van der Waals surface area contributed by atoms with Crippen LogP contribution < -0.4 is 5.32 Å². The van der Waals surface area contributed by atoms with E-state index in [9.17, 15) is 4.79 Å². The van der Waals surface area contributed by atoms with Gasteiger partial charge in [-0.1, -0.05) is 46.9 Å². The molecule has 2 aromatic carbocycles. The SMILES string of the molecule is O=C(/C=C/c1ccc(-c2cc(Cl)ccc2Cl)o1)Nc1ccccc1Cl. The van der Waals surface area contributed by atoms with Crippen molar-refractivity contribution in [1.82, 2.24) is 0 Å². The monoisotopic (exact) mass is 391 g/mol. The molecule has 126 valence electrons. The van der Waals surface area contributed by atoms with Crippen molar-refractivity contribution in [2.24, 2.45) is 0 Å². The maximum absolute atomic E-state index is 12.0. The number of benzene rings is 2. The number of nitrogens with one attached hydrogen (secondary N) is 1. The van der Waals surface area contributed by atoms with Crippen LogP contribution in [0.5, 0.6) is 0 Å². The number of carbonyl (C=O) groups is 1. The highest BCUT2D eigenvalue weighted by Gasteiger charge is 2.09. The van der Waals surface area contributed by atoms with Crippen LogP contribution >= 0.6 is 34.8 Å². The highest BCUT2D eigenvalue weighted by molar-refractivity contribution is 6.35. The zero-order valence-corrected chi connectivity index (χ0v) is 15.1. The van der Waals surface area contributed by atoms with E-state index >= 15 is 0 Å². The molecule has 0 fully saturated rings. The van der Waals surface area contributed by atoms with E-state index < -0.39 is 0 Å². The van der Waals surface area contributed by atoms with Crippen LogP contribution in [-0.2, 0) is 4.79 Å². The lowest BCUT2D eigenvalue weighted by molar-refractivity contribution is -0.111. The van der Waals surface area contributed by atoms with E-state index in [4.69, 9.17) is 39.2 Å². The van der Waals surface area contributed by atoms with Crippen molar-refractivity contribution in [1.29, 1.82) is 0 Å². The Morgan fingerprint density at radius 2 is 1.76 bits per heavy atom. The molecule has 3 aromatic rings. The summed E-state index contributed by atoms with van der Waals surface area (Å²) in [7, 11) is 0. The predicted octanol–water partition coefficient (Wildman–Crippen LogP) is 6.56. The molecule has 0 bridgehead atoms. The van der Waals surface area contributed by atoms with Crippen LogP contribution in [0.4, 0.5) is 5.69 Å². The van der Waals surface area contributed by atoms with Gasteiger partial charge in [0.15, 0.2) is 0 Å². The maximum Gasteiger partial charge on any atom is 0.248 e. The molecule has 1 aromatic heterocycles. The molecule has 0 saturated heterocycles. The lowest BCUT2D eigenvalue weighted by Crippen LogP contribution is -2.07. The molecule has 0 saturated carbocycles. The summed E-state index contributed by atoms with van der Waals surface area (Å²) in [5, 5.41) is 4.27. The summed E-state index contributed by atoms with van der Waals surface area (Å²) in [6.07, 6.45) is 2.93. The summed E-state index contributed by atoms with van der Waals surface area (Å²) >= 11 is 18.2. The van der Waals surface area contributed by atoms with Crippen molar-refractivity contribution >= 4 is 52.5 Å². The molecule has 0 unspecified atom stereocenters. The normalized spacial score (nSPS) is 11.0. The fraction of sp³-hybridized carbons (Fsp3) is 0. The third kappa shape index (κ3) is 4.45. The lowest BCUT2D eigenvalue weighted by Gasteiger charge is -2.03. The Morgan fingerprint density at radius 1 is 0.960 bits per heavy atom. The average Bonchev–Trinajstić information content (AvgIpc) is 3.06. The third-order valence-corrected chi connectivity index (χ3v) is 4.25. The first-order valence-electron chi connectivity index (χ1n) is 7.32. The van der Waals surface area contributed by atoms with E-state index in [1.807, 2.05) is 0 Å². The van der Waals surface area contributed by atoms with Gasteiger partial charge < -0.3 is 9.73 Å². The number of rotatable bonds is 4. The highest BCUT2D eigenvalue weighted by atomic mass is 35.5. The summed E-state index contributed by atoms with van der Waals surface area (Å²) < 4.78 is 5.69. The number of furan rings is 1. The van der Waals surface area contributed by atoms with Crippen molar-refractivity contribution in [2.75, 3.05) is 5.32 Å². The van der Waals surface area contributed by atoms with E-state index in [1.54, 1.807) is 60.7 Å². The quantitative estimate of drug-likeness (QED) is 0.511. The van der Waals surface area contributed by atoms with Gasteiger partial charge in [-0.15, -0.1) is 0 Å². The molecule has 3 rings (SSSR count). The summed E-state index contributed by atoms with van der Waals surface area (Å²) in [5.74, 6) is 0.769. The first-order valence-corrected chi connectivity index (χ1v) is 8.45. The van der Waals surface area contributed by atoms with Crippen LogP contribution in [-0.4, -0.2) is 5.91 Å². The number of carbonyl (C=O) groups excluding carboxylic acids is 1. The Balaban J connectivity index is 1.73. The number of hydrogen-bond acceptors (Lipinski definition) is 2. The van der Waals surface area contributed by atoms with Gasteiger partial charge >= 0.3 is 0 Å². The molecule has 0 atom stereocenters. The molecule has 0 spiro atoms.